The number of para-hydroxylation sites is 2. The van der Waals surface area contributed by atoms with Crippen molar-refractivity contribution in [3.63, 3.8) is 0 Å². The van der Waals surface area contributed by atoms with Gasteiger partial charge in [0, 0.05) is 51.2 Å². The van der Waals surface area contributed by atoms with Crippen molar-refractivity contribution < 1.29 is 76.0 Å². The molecule has 310 valence electrons. The van der Waals surface area contributed by atoms with Crippen molar-refractivity contribution in [2.24, 2.45) is 0 Å². The largest absolute Gasteiger partial charge is 1.00 e. The molecule has 0 bridgehead atoms. The van der Waals surface area contributed by atoms with Gasteiger partial charge in [-0.3, -0.25) is 9.59 Å². The summed E-state index contributed by atoms with van der Waals surface area (Å²) >= 11 is 0. The zero-order chi connectivity index (χ0) is 38.2. The normalized spacial score (nSPS) is 13.1. The fourth-order valence-corrected chi connectivity index (χ4v) is 7.12. The van der Waals surface area contributed by atoms with Crippen LogP contribution in [0.1, 0.15) is 115 Å². The molecule has 0 saturated heterocycles. The number of hydrogen-bond acceptors (Lipinski definition) is 4. The van der Waals surface area contributed by atoms with Crippen LogP contribution in [-0.4, -0.2) is 112 Å². The second-order valence-electron chi connectivity index (χ2n) is 15.6. The van der Waals surface area contributed by atoms with Crippen molar-refractivity contribution in [2.75, 3.05) is 81.7 Å². The first-order valence-corrected chi connectivity index (χ1v) is 20.4. The maximum atomic E-state index is 12.7. The molecule has 0 aliphatic rings. The number of quaternary nitrogens is 2. The molecule has 0 aliphatic carbocycles. The predicted octanol–water partition coefficient (Wildman–Crippen LogP) is 2.72. The predicted molar refractivity (Wildman–Crippen MR) is 216 cm³/mol. The number of rotatable bonds is 29. The van der Waals surface area contributed by atoms with E-state index in [2.05, 4.69) is 52.2 Å². The third-order valence-corrected chi connectivity index (χ3v) is 11.3. The van der Waals surface area contributed by atoms with Crippen LogP contribution >= 0.6 is 0 Å². The van der Waals surface area contributed by atoms with Crippen LogP contribution in [0.4, 0.5) is 0 Å². The van der Waals surface area contributed by atoms with Crippen molar-refractivity contribution in [3.05, 3.63) is 59.7 Å². The Kier molecular flexibility index (Phi) is 28.7. The molecule has 2 rings (SSSR count). The summed E-state index contributed by atoms with van der Waals surface area (Å²) < 4.78 is 13.1. The molecule has 10 heteroatoms. The van der Waals surface area contributed by atoms with Crippen molar-refractivity contribution in [2.45, 2.75) is 117 Å². The van der Waals surface area contributed by atoms with Gasteiger partial charge in [0.15, 0.2) is 0 Å². The van der Waals surface area contributed by atoms with Crippen molar-refractivity contribution >= 4 is 11.8 Å². The molecule has 0 fully saturated rings. The monoisotopic (exact) mass is 978 g/mol. The summed E-state index contributed by atoms with van der Waals surface area (Å²) in [5.41, 5.74) is 2.52. The first-order valence-electron chi connectivity index (χ1n) is 20.4. The van der Waals surface area contributed by atoms with E-state index in [9.17, 15) is 9.59 Å². The minimum absolute atomic E-state index is 0. The maximum Gasteiger partial charge on any atom is 0.222 e. The summed E-state index contributed by atoms with van der Waals surface area (Å²) in [7, 11) is 12.0. The zero-order valence-electron chi connectivity index (χ0n) is 35.4. The lowest BCUT2D eigenvalue weighted by atomic mass is 10.1. The van der Waals surface area contributed by atoms with Crippen LogP contribution in [0.3, 0.4) is 0 Å². The fourth-order valence-electron chi connectivity index (χ4n) is 7.12. The van der Waals surface area contributed by atoms with Crippen LogP contribution < -0.4 is 57.4 Å². The number of benzene rings is 2. The zero-order valence-corrected chi connectivity index (χ0v) is 39.7. The number of unbranched alkanes of at least 4 members (excludes halogenated alkanes) is 9. The number of carbonyl (C=O) groups is 2. The van der Waals surface area contributed by atoms with Gasteiger partial charge in [-0.05, 0) is 89.5 Å². The van der Waals surface area contributed by atoms with Crippen LogP contribution in [0, 0.1) is 0 Å². The Morgan fingerprint density at radius 2 is 0.870 bits per heavy atom. The average Bonchev–Trinajstić information content (AvgIpc) is 3.15. The lowest BCUT2D eigenvalue weighted by Crippen LogP contribution is -3.00. The maximum absolute atomic E-state index is 12.7. The Hall–Kier alpha value is -1.64. The Labute approximate surface area is 364 Å². The quantitative estimate of drug-likeness (QED) is 0.0717. The number of methoxy groups -OCH3 is 2. The van der Waals surface area contributed by atoms with Gasteiger partial charge in [0.25, 0.3) is 0 Å². The molecule has 0 heterocycles. The van der Waals surface area contributed by atoms with E-state index in [0.29, 0.717) is 12.8 Å². The molecule has 2 aromatic carbocycles. The first kappa shape index (κ1) is 52.4. The van der Waals surface area contributed by atoms with Gasteiger partial charge >= 0.3 is 0 Å². The topological polar surface area (TPSA) is 59.1 Å². The summed E-state index contributed by atoms with van der Waals surface area (Å²) in [6, 6.07) is 16.6. The average molecular weight is 979 g/mol. The van der Waals surface area contributed by atoms with Gasteiger partial charge < -0.3 is 76.2 Å². The number of hydrogen-bond donors (Lipinski definition) is 0. The van der Waals surface area contributed by atoms with E-state index in [-0.39, 0.29) is 59.8 Å². The third kappa shape index (κ3) is 20.5. The van der Waals surface area contributed by atoms with Crippen molar-refractivity contribution in [3.8, 4) is 11.5 Å². The van der Waals surface area contributed by atoms with E-state index in [4.69, 9.17) is 9.47 Å². The van der Waals surface area contributed by atoms with E-state index >= 15 is 0 Å². The second-order valence-corrected chi connectivity index (χ2v) is 15.6. The number of halogens is 2. The fraction of sp³-hybridized carbons (Fsp3) is 0.682. The number of carbonyl (C=O) groups excluding carboxylic acids is 2. The van der Waals surface area contributed by atoms with Crippen LogP contribution in [0.25, 0.3) is 0 Å². The second kappa shape index (κ2) is 29.6. The molecule has 8 nitrogen and oxygen atoms in total. The van der Waals surface area contributed by atoms with Crippen LogP contribution in [-0.2, 0) is 22.7 Å². The molecule has 0 spiro atoms. The van der Waals surface area contributed by atoms with Gasteiger partial charge in [0.05, 0.1) is 54.5 Å². The highest BCUT2D eigenvalue weighted by Crippen LogP contribution is 2.24. The number of amides is 2. The molecule has 0 saturated carbocycles. The van der Waals surface area contributed by atoms with Gasteiger partial charge in [-0.2, -0.15) is 0 Å². The molecule has 2 aromatic rings. The highest BCUT2D eigenvalue weighted by molar-refractivity contribution is 5.76. The Bertz CT molecular complexity index is 1200. The highest BCUT2D eigenvalue weighted by atomic mass is 127. The summed E-state index contributed by atoms with van der Waals surface area (Å²) in [5, 5.41) is 0. The van der Waals surface area contributed by atoms with E-state index < -0.39 is 0 Å². The lowest BCUT2D eigenvalue weighted by Gasteiger charge is -2.34. The lowest BCUT2D eigenvalue weighted by molar-refractivity contribution is -0.921. The number of ether oxygens (including phenoxy) is 2. The molecule has 2 atom stereocenters. The van der Waals surface area contributed by atoms with Crippen LogP contribution in [0.5, 0.6) is 11.5 Å². The van der Waals surface area contributed by atoms with Crippen LogP contribution in [0.2, 0.25) is 0 Å². The van der Waals surface area contributed by atoms with Gasteiger partial charge in [-0.1, -0.05) is 49.9 Å². The summed E-state index contributed by atoms with van der Waals surface area (Å²) in [4.78, 5) is 29.3. The summed E-state index contributed by atoms with van der Waals surface area (Å²) in [6.07, 6.45) is 14.5. The molecule has 0 radical (unpaired) electrons. The summed E-state index contributed by atoms with van der Waals surface area (Å²) in [5.74, 6) is 2.48. The third-order valence-electron chi connectivity index (χ3n) is 11.3. The van der Waals surface area contributed by atoms with Crippen molar-refractivity contribution in [1.29, 1.82) is 0 Å². The van der Waals surface area contributed by atoms with Gasteiger partial charge in [0.1, 0.15) is 24.6 Å². The minimum atomic E-state index is 0. The molecule has 0 aliphatic heterocycles. The Balaban J connectivity index is 0.0000140. The van der Waals surface area contributed by atoms with Gasteiger partial charge in [-0.15, -0.1) is 0 Å². The minimum Gasteiger partial charge on any atom is -1.00 e. The van der Waals surface area contributed by atoms with Crippen LogP contribution in [0.15, 0.2) is 48.5 Å². The van der Waals surface area contributed by atoms with E-state index in [1.165, 1.54) is 24.0 Å². The SMILES string of the molecule is CC[N+](C)(CCCCCC(=O)N(C)CCCCCCCCN(C)C(=O)CCCCC[N+](C)(CC)Cc1ccccc1OC)Cc1ccccc1OC.[I-].[I-]. The van der Waals surface area contributed by atoms with E-state index in [0.717, 1.165) is 137 Å². The molecule has 0 N–H and O–H groups in total. The molecule has 2 amide bonds. The molecular weight excluding hydrogens is 902 g/mol. The molecule has 54 heavy (non-hydrogen) atoms. The Morgan fingerprint density at radius 1 is 0.537 bits per heavy atom. The molecular formula is C44H76I2N4O4. The standard InChI is InChI=1S/C44H76N4O4.2HI/c1-9-47(5,37-39-27-19-21-29-41(39)51-7)35-25-15-17-31-43(49)45(3)33-23-13-11-12-14-24-34-46(4)44(50)32-18-16-26-36-48(6,10-2)38-40-28-20-22-30-42(40)52-8;;/h19-22,27-30H,9-18,23-26,31-38H2,1-8H3;2*1H/q+2;;/p-2. The van der Waals surface area contributed by atoms with E-state index in [1.54, 1.807) is 14.2 Å². The summed E-state index contributed by atoms with van der Waals surface area (Å²) in [6.45, 7) is 12.5. The Morgan fingerprint density at radius 3 is 1.22 bits per heavy atom. The smallest absolute Gasteiger partial charge is 0.222 e. The highest BCUT2D eigenvalue weighted by Gasteiger charge is 2.23. The van der Waals surface area contributed by atoms with Gasteiger partial charge in [-0.25, -0.2) is 0 Å². The first-order chi connectivity index (χ1) is 25.0. The van der Waals surface area contributed by atoms with Gasteiger partial charge in [0.2, 0.25) is 11.8 Å². The van der Waals surface area contributed by atoms with E-state index in [1.807, 2.05) is 48.2 Å². The number of nitrogens with zero attached hydrogens (tertiary/aromatic N) is 4. The molecule has 0 aromatic heterocycles. The molecule has 2 unspecified atom stereocenters. The van der Waals surface area contributed by atoms with Crippen molar-refractivity contribution in [1.82, 2.24) is 9.80 Å².